The fourth-order valence-electron chi connectivity index (χ4n) is 3.00. The summed E-state index contributed by atoms with van der Waals surface area (Å²) in [5.41, 5.74) is -0.219. The minimum absolute atomic E-state index is 0.184. The Bertz CT molecular complexity index is 1140. The smallest absolute Gasteiger partial charge is 0.324 e. The van der Waals surface area contributed by atoms with E-state index >= 15 is 0 Å². The van der Waals surface area contributed by atoms with Crippen molar-refractivity contribution < 1.29 is 9.18 Å². The van der Waals surface area contributed by atoms with E-state index in [2.05, 4.69) is 20.3 Å². The minimum Gasteiger partial charge on any atom is -0.324 e. The number of hydrogen-bond donors (Lipinski definition) is 2. The SMILES string of the molecule is Cc1cncc2[nH]c(=O)n([C@H](C(=O)Nc3ccnc(F)c3)C(C)C)c(=O)c12. The van der Waals surface area contributed by atoms with Crippen molar-refractivity contribution in [2.24, 2.45) is 5.92 Å². The highest BCUT2D eigenvalue weighted by Crippen LogP contribution is 2.19. The van der Waals surface area contributed by atoms with E-state index < -0.39 is 29.1 Å². The molecule has 0 saturated heterocycles. The van der Waals surface area contributed by atoms with Gasteiger partial charge in [-0.3, -0.25) is 14.6 Å². The van der Waals surface area contributed by atoms with Crippen molar-refractivity contribution in [3.05, 3.63) is 63.1 Å². The Morgan fingerprint density at radius 2 is 2.04 bits per heavy atom. The summed E-state index contributed by atoms with van der Waals surface area (Å²) in [5, 5.41) is 2.83. The minimum atomic E-state index is -1.09. The molecule has 8 nitrogen and oxygen atoms in total. The third-order valence-electron chi connectivity index (χ3n) is 4.20. The zero-order valence-corrected chi connectivity index (χ0v) is 15.0. The lowest BCUT2D eigenvalue weighted by molar-refractivity contribution is -0.120. The normalized spacial score (nSPS) is 12.3. The van der Waals surface area contributed by atoms with Crippen molar-refractivity contribution in [3.8, 4) is 0 Å². The first kappa shape index (κ1) is 18.4. The van der Waals surface area contributed by atoms with Gasteiger partial charge in [-0.25, -0.2) is 14.3 Å². The Hall–Kier alpha value is -3.36. The molecular formula is C18H18FN5O3. The van der Waals surface area contributed by atoms with Crippen LogP contribution in [0.2, 0.25) is 0 Å². The summed E-state index contributed by atoms with van der Waals surface area (Å²) in [6.07, 6.45) is 4.11. The number of halogens is 1. The maximum Gasteiger partial charge on any atom is 0.329 e. The highest BCUT2D eigenvalue weighted by molar-refractivity contribution is 5.94. The Labute approximate surface area is 153 Å². The molecule has 0 bridgehead atoms. The number of amides is 1. The van der Waals surface area contributed by atoms with E-state index in [0.29, 0.717) is 11.1 Å². The second-order valence-electron chi connectivity index (χ2n) is 6.53. The number of nitrogens with one attached hydrogen (secondary N) is 2. The third kappa shape index (κ3) is 3.48. The van der Waals surface area contributed by atoms with Gasteiger partial charge in [0, 0.05) is 24.1 Å². The molecule has 0 fully saturated rings. The topological polar surface area (TPSA) is 110 Å². The van der Waals surface area contributed by atoms with E-state index in [4.69, 9.17) is 0 Å². The van der Waals surface area contributed by atoms with Crippen LogP contribution in [0.25, 0.3) is 10.9 Å². The van der Waals surface area contributed by atoms with Crippen LogP contribution < -0.4 is 16.6 Å². The van der Waals surface area contributed by atoms with E-state index in [0.717, 1.165) is 10.6 Å². The third-order valence-corrected chi connectivity index (χ3v) is 4.20. The lowest BCUT2D eigenvalue weighted by atomic mass is 10.0. The van der Waals surface area contributed by atoms with E-state index in [1.807, 2.05) is 0 Å². The summed E-state index contributed by atoms with van der Waals surface area (Å²) in [5.74, 6) is -1.73. The number of H-pyrrole nitrogens is 1. The Balaban J connectivity index is 2.13. The monoisotopic (exact) mass is 371 g/mol. The summed E-state index contributed by atoms with van der Waals surface area (Å²) in [7, 11) is 0. The Morgan fingerprint density at radius 1 is 1.30 bits per heavy atom. The largest absolute Gasteiger partial charge is 0.329 e. The molecule has 27 heavy (non-hydrogen) atoms. The van der Waals surface area contributed by atoms with Gasteiger partial charge in [-0.1, -0.05) is 13.8 Å². The van der Waals surface area contributed by atoms with Crippen molar-refractivity contribution in [1.82, 2.24) is 19.5 Å². The highest BCUT2D eigenvalue weighted by atomic mass is 19.1. The molecular weight excluding hydrogens is 353 g/mol. The first-order chi connectivity index (χ1) is 12.8. The Kier molecular flexibility index (Phi) is 4.85. The number of pyridine rings is 2. The van der Waals surface area contributed by atoms with Crippen LogP contribution in [0.3, 0.4) is 0 Å². The van der Waals surface area contributed by atoms with Gasteiger partial charge in [0.25, 0.3) is 5.56 Å². The molecule has 9 heteroatoms. The molecule has 0 unspecified atom stereocenters. The zero-order chi connectivity index (χ0) is 19.7. The molecule has 0 saturated carbocycles. The van der Waals surface area contributed by atoms with Crippen LogP contribution in [-0.4, -0.2) is 25.4 Å². The van der Waals surface area contributed by atoms with Crippen LogP contribution >= 0.6 is 0 Å². The summed E-state index contributed by atoms with van der Waals surface area (Å²) < 4.78 is 14.2. The van der Waals surface area contributed by atoms with E-state index in [1.165, 1.54) is 24.7 Å². The van der Waals surface area contributed by atoms with Crippen LogP contribution in [0.15, 0.2) is 40.3 Å². The fourth-order valence-corrected chi connectivity index (χ4v) is 3.00. The molecule has 0 aromatic carbocycles. The van der Waals surface area contributed by atoms with Gasteiger partial charge in [-0.05, 0) is 24.5 Å². The molecule has 0 radical (unpaired) electrons. The van der Waals surface area contributed by atoms with Crippen molar-refractivity contribution in [2.75, 3.05) is 5.32 Å². The first-order valence-corrected chi connectivity index (χ1v) is 8.31. The molecule has 0 aliphatic rings. The number of aryl methyl sites for hydroxylation is 1. The predicted molar refractivity (Wildman–Crippen MR) is 98.1 cm³/mol. The van der Waals surface area contributed by atoms with Gasteiger partial charge in [0.15, 0.2) is 0 Å². The molecule has 3 heterocycles. The second-order valence-corrected chi connectivity index (χ2v) is 6.53. The van der Waals surface area contributed by atoms with Gasteiger partial charge < -0.3 is 10.3 Å². The summed E-state index contributed by atoms with van der Waals surface area (Å²) in [6.45, 7) is 5.13. The number of nitrogens with zero attached hydrogens (tertiary/aromatic N) is 3. The van der Waals surface area contributed by atoms with Crippen LogP contribution in [-0.2, 0) is 4.79 Å². The average Bonchev–Trinajstić information content (AvgIpc) is 2.57. The van der Waals surface area contributed by atoms with Crippen molar-refractivity contribution in [2.45, 2.75) is 26.8 Å². The standard InChI is InChI=1S/C18H18FN5O3/c1-9(2)15(16(25)22-11-4-5-21-13(19)6-11)24-17(26)14-10(3)7-20-8-12(14)23-18(24)27/h4-9,15H,1-3H3,(H,23,27)(H,21,22,25)/t15-/m0/s1. The molecule has 3 aromatic rings. The lowest BCUT2D eigenvalue weighted by Gasteiger charge is -2.22. The maximum absolute atomic E-state index is 13.3. The Morgan fingerprint density at radius 3 is 2.70 bits per heavy atom. The maximum atomic E-state index is 13.3. The summed E-state index contributed by atoms with van der Waals surface area (Å²) in [6, 6.07) is 1.38. The number of aromatic nitrogens is 4. The number of fused-ring (bicyclic) bond motifs is 1. The molecule has 3 rings (SSSR count). The number of aromatic amines is 1. The van der Waals surface area contributed by atoms with E-state index in [-0.39, 0.29) is 17.0 Å². The van der Waals surface area contributed by atoms with E-state index in [9.17, 15) is 18.8 Å². The van der Waals surface area contributed by atoms with Crippen molar-refractivity contribution >= 4 is 22.5 Å². The van der Waals surface area contributed by atoms with Crippen molar-refractivity contribution in [3.63, 3.8) is 0 Å². The van der Waals surface area contributed by atoms with Crippen LogP contribution in [0.4, 0.5) is 10.1 Å². The van der Waals surface area contributed by atoms with Crippen molar-refractivity contribution in [1.29, 1.82) is 0 Å². The number of carbonyl (C=O) groups is 1. The van der Waals surface area contributed by atoms with Crippen LogP contribution in [0.5, 0.6) is 0 Å². The second kappa shape index (κ2) is 7.10. The zero-order valence-electron chi connectivity index (χ0n) is 15.0. The number of carbonyl (C=O) groups excluding carboxylic acids is 1. The highest BCUT2D eigenvalue weighted by Gasteiger charge is 2.28. The molecule has 0 aliphatic carbocycles. The van der Waals surface area contributed by atoms with Gasteiger partial charge in [0.05, 0.1) is 17.1 Å². The van der Waals surface area contributed by atoms with Crippen LogP contribution in [0.1, 0.15) is 25.5 Å². The predicted octanol–water partition coefficient (Wildman–Crippen LogP) is 1.76. The molecule has 0 spiro atoms. The van der Waals surface area contributed by atoms with E-state index in [1.54, 1.807) is 20.8 Å². The van der Waals surface area contributed by atoms with Gasteiger partial charge >= 0.3 is 5.69 Å². The molecule has 2 N–H and O–H groups in total. The first-order valence-electron chi connectivity index (χ1n) is 8.31. The molecule has 1 atom stereocenters. The molecule has 0 aliphatic heterocycles. The van der Waals surface area contributed by atoms with Gasteiger partial charge in [0.1, 0.15) is 6.04 Å². The summed E-state index contributed by atoms with van der Waals surface area (Å²) in [4.78, 5) is 48.3. The fraction of sp³-hybridized carbons (Fsp3) is 0.278. The number of hydrogen-bond acceptors (Lipinski definition) is 5. The van der Waals surface area contributed by atoms with Gasteiger partial charge in [0.2, 0.25) is 11.9 Å². The molecule has 3 aromatic heterocycles. The molecule has 1 amide bonds. The van der Waals surface area contributed by atoms with Gasteiger partial charge in [-0.15, -0.1) is 0 Å². The van der Waals surface area contributed by atoms with Crippen LogP contribution in [0, 0.1) is 18.8 Å². The summed E-state index contributed by atoms with van der Waals surface area (Å²) >= 11 is 0. The van der Waals surface area contributed by atoms with Gasteiger partial charge in [-0.2, -0.15) is 4.39 Å². The number of anilines is 1. The average molecular weight is 371 g/mol. The lowest BCUT2D eigenvalue weighted by Crippen LogP contribution is -2.44. The number of rotatable bonds is 4. The quantitative estimate of drug-likeness (QED) is 0.679. The molecule has 140 valence electrons.